The number of hydrogen-bond donors (Lipinski definition) is 0. The number of fused-ring (bicyclic) bond motifs is 1. The van der Waals surface area contributed by atoms with Crippen molar-refractivity contribution in [2.24, 2.45) is 0 Å². The van der Waals surface area contributed by atoms with Crippen molar-refractivity contribution in [3.8, 4) is 16.9 Å². The maximum Gasteiger partial charge on any atom is 0.256 e. The van der Waals surface area contributed by atoms with Crippen LogP contribution in [0, 0.1) is 0 Å². The monoisotopic (exact) mass is 404 g/mol. The van der Waals surface area contributed by atoms with Gasteiger partial charge in [-0.2, -0.15) is 4.57 Å². The van der Waals surface area contributed by atoms with Crippen LogP contribution in [0.3, 0.4) is 0 Å². The standard InChI is InChI=1S/C27H22N3O/c1-20(31)25-17-26-27(30(25)18-21-11-5-2-6-12-21)28-24(22-13-7-3-8-14-22)19-29(26)23-15-9-4-10-16-23/h2-17,19H,18H2,1H3/q+1. The molecule has 2 heterocycles. The molecule has 0 unspecified atom stereocenters. The predicted molar refractivity (Wildman–Crippen MR) is 122 cm³/mol. The third-order valence-corrected chi connectivity index (χ3v) is 5.43. The number of benzene rings is 3. The maximum absolute atomic E-state index is 12.6. The van der Waals surface area contributed by atoms with Crippen LogP contribution in [0.15, 0.2) is 103 Å². The van der Waals surface area contributed by atoms with Crippen molar-refractivity contribution in [1.29, 1.82) is 0 Å². The fraction of sp³-hybridized carbons (Fsp3) is 0.0741. The summed E-state index contributed by atoms with van der Waals surface area (Å²) in [6.07, 6.45) is 2.05. The number of ketones is 1. The van der Waals surface area contributed by atoms with E-state index in [1.54, 1.807) is 6.92 Å². The molecule has 0 fully saturated rings. The highest BCUT2D eigenvalue weighted by Crippen LogP contribution is 2.23. The van der Waals surface area contributed by atoms with E-state index in [1.807, 2.05) is 71.4 Å². The van der Waals surface area contributed by atoms with Gasteiger partial charge in [-0.25, -0.2) is 4.98 Å². The van der Waals surface area contributed by atoms with Gasteiger partial charge in [0.15, 0.2) is 5.78 Å². The Labute approximate surface area is 181 Å². The molecule has 0 radical (unpaired) electrons. The summed E-state index contributed by atoms with van der Waals surface area (Å²) in [7, 11) is 0. The van der Waals surface area contributed by atoms with Crippen LogP contribution in [0.4, 0.5) is 0 Å². The van der Waals surface area contributed by atoms with E-state index in [9.17, 15) is 4.79 Å². The lowest BCUT2D eigenvalue weighted by Crippen LogP contribution is -2.31. The Bertz CT molecular complexity index is 1360. The van der Waals surface area contributed by atoms with Crippen molar-refractivity contribution < 1.29 is 9.36 Å². The second-order valence-electron chi connectivity index (χ2n) is 7.56. The molecular weight excluding hydrogens is 382 g/mol. The van der Waals surface area contributed by atoms with Crippen LogP contribution in [-0.4, -0.2) is 15.3 Å². The molecule has 5 rings (SSSR count). The van der Waals surface area contributed by atoms with Crippen LogP contribution >= 0.6 is 0 Å². The molecule has 0 saturated heterocycles. The largest absolute Gasteiger partial charge is 0.313 e. The van der Waals surface area contributed by atoms with Crippen molar-refractivity contribution in [2.75, 3.05) is 0 Å². The Morgan fingerprint density at radius 3 is 2.13 bits per heavy atom. The van der Waals surface area contributed by atoms with Gasteiger partial charge in [-0.05, 0) is 5.56 Å². The average molecular weight is 404 g/mol. The molecule has 3 aromatic carbocycles. The van der Waals surface area contributed by atoms with Gasteiger partial charge in [0.2, 0.25) is 17.5 Å². The number of carbonyl (C=O) groups excluding carboxylic acids is 1. The molecule has 0 N–H and O–H groups in total. The van der Waals surface area contributed by atoms with Crippen molar-refractivity contribution >= 4 is 16.9 Å². The minimum absolute atomic E-state index is 0.0230. The molecule has 31 heavy (non-hydrogen) atoms. The molecule has 4 nitrogen and oxygen atoms in total. The highest BCUT2D eigenvalue weighted by molar-refractivity contribution is 5.96. The molecule has 0 aliphatic rings. The molecule has 4 heteroatoms. The molecule has 0 saturated carbocycles. The molecule has 0 spiro atoms. The number of aromatic nitrogens is 3. The molecule has 150 valence electrons. The van der Waals surface area contributed by atoms with Gasteiger partial charge < -0.3 is 4.57 Å². The van der Waals surface area contributed by atoms with Gasteiger partial charge in [-0.15, -0.1) is 0 Å². The predicted octanol–water partition coefficient (Wildman–Crippen LogP) is 5.23. The molecule has 0 atom stereocenters. The number of rotatable bonds is 5. The zero-order valence-corrected chi connectivity index (χ0v) is 17.3. The van der Waals surface area contributed by atoms with Crippen molar-refractivity contribution in [3.05, 3.63) is 115 Å². The van der Waals surface area contributed by atoms with E-state index in [0.717, 1.165) is 33.7 Å². The normalized spacial score (nSPS) is 11.0. The Morgan fingerprint density at radius 2 is 1.48 bits per heavy atom. The summed E-state index contributed by atoms with van der Waals surface area (Å²) in [5.41, 5.74) is 6.40. The number of Topliss-reactive ketones (excluding diaryl/α,β-unsaturated/α-hetero) is 1. The molecule has 0 amide bonds. The summed E-state index contributed by atoms with van der Waals surface area (Å²) in [5.74, 6) is 0.0230. The summed E-state index contributed by atoms with van der Waals surface area (Å²) in [5, 5.41) is 0. The van der Waals surface area contributed by atoms with E-state index in [2.05, 4.69) is 41.0 Å². The summed E-state index contributed by atoms with van der Waals surface area (Å²) < 4.78 is 4.15. The number of carbonyl (C=O) groups is 1. The first kappa shape index (κ1) is 18.9. The van der Waals surface area contributed by atoms with E-state index < -0.39 is 0 Å². The van der Waals surface area contributed by atoms with Crippen molar-refractivity contribution in [1.82, 2.24) is 9.55 Å². The second-order valence-corrected chi connectivity index (χ2v) is 7.56. The van der Waals surface area contributed by atoms with Crippen LogP contribution in [0.5, 0.6) is 0 Å². The summed E-state index contributed by atoms with van der Waals surface area (Å²) in [6.45, 7) is 2.19. The van der Waals surface area contributed by atoms with E-state index in [0.29, 0.717) is 12.2 Å². The lowest BCUT2D eigenvalue weighted by atomic mass is 10.1. The van der Waals surface area contributed by atoms with Crippen LogP contribution in [0.1, 0.15) is 23.0 Å². The van der Waals surface area contributed by atoms with Crippen molar-refractivity contribution in [2.45, 2.75) is 13.5 Å². The highest BCUT2D eigenvalue weighted by Gasteiger charge is 2.24. The van der Waals surface area contributed by atoms with Gasteiger partial charge in [0.1, 0.15) is 5.69 Å². The molecule has 0 bridgehead atoms. The van der Waals surface area contributed by atoms with Crippen LogP contribution in [0.2, 0.25) is 0 Å². The Morgan fingerprint density at radius 1 is 0.871 bits per heavy atom. The van der Waals surface area contributed by atoms with E-state index in [1.165, 1.54) is 0 Å². The SMILES string of the molecule is CC(=O)c1cc2c(nc(-c3ccccc3)c[n+]2-c2ccccc2)n1Cc1ccccc1. The Hall–Kier alpha value is -4.05. The Kier molecular flexibility index (Phi) is 4.89. The zero-order valence-electron chi connectivity index (χ0n) is 17.3. The summed E-state index contributed by atoms with van der Waals surface area (Å²) >= 11 is 0. The van der Waals surface area contributed by atoms with Gasteiger partial charge >= 0.3 is 0 Å². The molecule has 0 aliphatic carbocycles. The Balaban J connectivity index is 1.81. The first-order valence-electron chi connectivity index (χ1n) is 10.3. The van der Waals surface area contributed by atoms with Crippen LogP contribution < -0.4 is 4.57 Å². The lowest BCUT2D eigenvalue weighted by molar-refractivity contribution is -0.567. The van der Waals surface area contributed by atoms with Gasteiger partial charge in [-0.3, -0.25) is 4.79 Å². The second kappa shape index (κ2) is 8.00. The number of para-hydroxylation sites is 1. The van der Waals surface area contributed by atoms with Crippen molar-refractivity contribution in [3.63, 3.8) is 0 Å². The van der Waals surface area contributed by atoms with Gasteiger partial charge in [0.05, 0.1) is 5.69 Å². The first-order chi connectivity index (χ1) is 15.2. The molecule has 5 aromatic rings. The molecule has 0 aliphatic heterocycles. The van der Waals surface area contributed by atoms with Crippen LogP contribution in [0.25, 0.3) is 28.1 Å². The van der Waals surface area contributed by atoms with Gasteiger partial charge in [-0.1, -0.05) is 78.9 Å². The fourth-order valence-electron chi connectivity index (χ4n) is 3.92. The summed E-state index contributed by atoms with van der Waals surface area (Å²) in [6, 6.07) is 32.4. The highest BCUT2D eigenvalue weighted by atomic mass is 16.1. The third kappa shape index (κ3) is 3.64. The molecular formula is C27H22N3O+. The number of nitrogens with zero attached hydrogens (tertiary/aromatic N) is 3. The topological polar surface area (TPSA) is 38.8 Å². The molecule has 2 aromatic heterocycles. The lowest BCUT2D eigenvalue weighted by Gasteiger charge is -2.09. The third-order valence-electron chi connectivity index (χ3n) is 5.43. The maximum atomic E-state index is 12.6. The van der Waals surface area contributed by atoms with Gasteiger partial charge in [0.25, 0.3) is 5.52 Å². The minimum Gasteiger partial charge on any atom is -0.313 e. The van der Waals surface area contributed by atoms with Crippen LogP contribution in [-0.2, 0) is 6.54 Å². The quantitative estimate of drug-likeness (QED) is 0.297. The smallest absolute Gasteiger partial charge is 0.256 e. The average Bonchev–Trinajstić information content (AvgIpc) is 3.19. The zero-order chi connectivity index (χ0) is 21.2. The minimum atomic E-state index is 0.0230. The van der Waals surface area contributed by atoms with Gasteiger partial charge in [0, 0.05) is 37.2 Å². The number of hydrogen-bond acceptors (Lipinski definition) is 2. The van der Waals surface area contributed by atoms with E-state index >= 15 is 0 Å². The van der Waals surface area contributed by atoms with E-state index in [4.69, 9.17) is 4.98 Å². The fourth-order valence-corrected chi connectivity index (χ4v) is 3.92. The van der Waals surface area contributed by atoms with E-state index in [-0.39, 0.29) is 5.78 Å². The first-order valence-corrected chi connectivity index (χ1v) is 10.3. The summed E-state index contributed by atoms with van der Waals surface area (Å²) in [4.78, 5) is 17.6.